The van der Waals surface area contributed by atoms with Crippen LogP contribution in [0.5, 0.6) is 0 Å². The van der Waals surface area contributed by atoms with E-state index in [9.17, 15) is 9.59 Å². The first-order chi connectivity index (χ1) is 9.08. The third-order valence-electron chi connectivity index (χ3n) is 2.67. The first kappa shape index (κ1) is 15.4. The molecule has 0 fully saturated rings. The van der Waals surface area contributed by atoms with Crippen molar-refractivity contribution in [3.05, 3.63) is 29.0 Å². The summed E-state index contributed by atoms with van der Waals surface area (Å²) in [5, 5.41) is 0.148. The number of methoxy groups -OCH3 is 1. The molecule has 0 aliphatic heterocycles. The van der Waals surface area contributed by atoms with Gasteiger partial charge in [-0.3, -0.25) is 9.59 Å². The van der Waals surface area contributed by atoms with Crippen LogP contribution in [0, 0.1) is 12.3 Å². The van der Waals surface area contributed by atoms with Gasteiger partial charge in [0.05, 0.1) is 12.9 Å². The molecule has 0 aromatic heterocycles. The van der Waals surface area contributed by atoms with Gasteiger partial charge in [0.25, 0.3) is 0 Å². The molecule has 1 atom stereocenters. The first-order valence-corrected chi connectivity index (χ1v) is 6.94. The minimum atomic E-state index is -0.248. The number of hydrogen-bond acceptors (Lipinski definition) is 4. The van der Waals surface area contributed by atoms with E-state index in [-0.39, 0.29) is 17.0 Å². The van der Waals surface area contributed by atoms with Crippen LogP contribution >= 0.6 is 11.8 Å². The van der Waals surface area contributed by atoms with E-state index in [1.165, 1.54) is 31.9 Å². The van der Waals surface area contributed by atoms with Gasteiger partial charge >= 0.3 is 5.97 Å². The molecule has 0 amide bonds. The van der Waals surface area contributed by atoms with Gasteiger partial charge in [-0.05, 0) is 31.4 Å². The second kappa shape index (κ2) is 7.68. The number of esters is 1. The fourth-order valence-electron chi connectivity index (χ4n) is 1.76. The van der Waals surface area contributed by atoms with E-state index in [4.69, 9.17) is 6.42 Å². The Balaban J connectivity index is 2.76. The highest BCUT2D eigenvalue weighted by Gasteiger charge is 2.24. The molecule has 0 bridgehead atoms. The van der Waals surface area contributed by atoms with Crippen LogP contribution in [0.25, 0.3) is 0 Å². The van der Waals surface area contributed by atoms with Crippen molar-refractivity contribution >= 4 is 23.5 Å². The second-order valence-electron chi connectivity index (χ2n) is 4.06. The van der Waals surface area contributed by atoms with Crippen molar-refractivity contribution in [2.75, 3.05) is 12.9 Å². The molecule has 1 aliphatic rings. The third-order valence-corrected chi connectivity index (χ3v) is 3.95. The number of carbonyl (C=O) groups excluding carboxylic acids is 2. The van der Waals surface area contributed by atoms with Crippen LogP contribution in [0.1, 0.15) is 19.8 Å². The molecule has 1 unspecified atom stereocenters. The molecule has 1 rings (SSSR count). The van der Waals surface area contributed by atoms with Gasteiger partial charge in [-0.2, -0.15) is 0 Å². The van der Waals surface area contributed by atoms with E-state index in [1.807, 2.05) is 0 Å². The minimum absolute atomic E-state index is 0.0475. The van der Waals surface area contributed by atoms with Crippen molar-refractivity contribution in [3.8, 4) is 12.3 Å². The standard InChI is InChI=1S/C15H16O3S/c1-4-13-12(7-5-6-11(2)16)8-9-14(13)19-10-15(17)18-3/h1,6-7,14H,8-10H2,2-3H3. The van der Waals surface area contributed by atoms with Gasteiger partial charge < -0.3 is 4.74 Å². The highest BCUT2D eigenvalue weighted by Crippen LogP contribution is 2.35. The molecule has 3 nitrogen and oxygen atoms in total. The average Bonchev–Trinajstić information content (AvgIpc) is 2.77. The number of ketones is 1. The third kappa shape index (κ3) is 4.82. The van der Waals surface area contributed by atoms with Crippen LogP contribution in [0.15, 0.2) is 29.0 Å². The summed E-state index contributed by atoms with van der Waals surface area (Å²) in [6.07, 6.45) is 10.4. The highest BCUT2D eigenvalue weighted by molar-refractivity contribution is 8.00. The molecular formula is C15H16O3S. The van der Waals surface area contributed by atoms with Crippen LogP contribution in [0.3, 0.4) is 0 Å². The molecule has 4 heteroatoms. The Kier molecular flexibility index (Phi) is 6.21. The maximum atomic E-state index is 11.1. The summed E-state index contributed by atoms with van der Waals surface area (Å²) in [5.41, 5.74) is 4.74. The number of thioether (sulfide) groups is 1. The van der Waals surface area contributed by atoms with Crippen LogP contribution in [-0.2, 0) is 14.3 Å². The van der Waals surface area contributed by atoms with Gasteiger partial charge in [0, 0.05) is 16.9 Å². The van der Waals surface area contributed by atoms with Gasteiger partial charge in [-0.15, -0.1) is 23.9 Å². The topological polar surface area (TPSA) is 43.4 Å². The zero-order valence-electron chi connectivity index (χ0n) is 11.1. The molecule has 0 N–H and O–H groups in total. The van der Waals surface area contributed by atoms with Crippen LogP contribution in [-0.4, -0.2) is 29.9 Å². The lowest BCUT2D eigenvalue weighted by Gasteiger charge is -2.09. The quantitative estimate of drug-likeness (QED) is 0.334. The van der Waals surface area contributed by atoms with Crippen molar-refractivity contribution in [1.82, 2.24) is 0 Å². The van der Waals surface area contributed by atoms with E-state index in [0.29, 0.717) is 5.75 Å². The van der Waals surface area contributed by atoms with E-state index in [2.05, 4.69) is 16.4 Å². The van der Waals surface area contributed by atoms with Gasteiger partial charge in [0.2, 0.25) is 0 Å². The van der Waals surface area contributed by atoms with Gasteiger partial charge in [0.1, 0.15) is 0 Å². The molecule has 1 aliphatic carbocycles. The van der Waals surface area contributed by atoms with Gasteiger partial charge in [-0.1, -0.05) is 5.92 Å². The number of hydrogen-bond donors (Lipinski definition) is 0. The highest BCUT2D eigenvalue weighted by atomic mass is 32.2. The summed E-state index contributed by atoms with van der Waals surface area (Å²) >= 11 is 1.49. The summed E-state index contributed by atoms with van der Waals surface area (Å²) in [6.45, 7) is 1.47. The fourth-order valence-corrected chi connectivity index (χ4v) is 2.89. The van der Waals surface area contributed by atoms with Crippen LogP contribution in [0.2, 0.25) is 0 Å². The molecule has 0 saturated heterocycles. The van der Waals surface area contributed by atoms with E-state index < -0.39 is 0 Å². The van der Waals surface area contributed by atoms with Crippen molar-refractivity contribution in [1.29, 1.82) is 0 Å². The Labute approximate surface area is 117 Å². The Bertz CT molecular complexity index is 502. The van der Waals surface area contributed by atoms with E-state index in [1.54, 1.807) is 6.08 Å². The van der Waals surface area contributed by atoms with Crippen LogP contribution < -0.4 is 0 Å². The minimum Gasteiger partial charge on any atom is -0.468 e. The van der Waals surface area contributed by atoms with Gasteiger partial charge in [0.15, 0.2) is 5.78 Å². The number of rotatable bonds is 5. The monoisotopic (exact) mass is 276 g/mol. The maximum Gasteiger partial charge on any atom is 0.315 e. The molecule has 0 heterocycles. The molecule has 0 saturated carbocycles. The Morgan fingerprint density at radius 3 is 2.89 bits per heavy atom. The summed E-state index contributed by atoms with van der Waals surface area (Å²) in [5.74, 6) is 2.68. The molecule has 0 aromatic carbocycles. The van der Waals surface area contributed by atoms with Crippen molar-refractivity contribution in [2.45, 2.75) is 25.0 Å². The number of ether oxygens (including phenoxy) is 1. The molecule has 100 valence electrons. The van der Waals surface area contributed by atoms with E-state index in [0.717, 1.165) is 24.0 Å². The maximum absolute atomic E-state index is 11.1. The first-order valence-electron chi connectivity index (χ1n) is 5.89. The molecule has 0 radical (unpaired) electrons. The Morgan fingerprint density at radius 2 is 2.32 bits per heavy atom. The summed E-state index contributed by atoms with van der Waals surface area (Å²) in [7, 11) is 1.37. The molecular weight excluding hydrogens is 260 g/mol. The lowest BCUT2D eigenvalue weighted by molar-refractivity contribution is -0.137. The Hall–Kier alpha value is -1.69. The number of allylic oxidation sites excluding steroid dienone is 2. The predicted molar refractivity (Wildman–Crippen MR) is 76.7 cm³/mol. The normalized spacial score (nSPS) is 17.4. The smallest absolute Gasteiger partial charge is 0.315 e. The van der Waals surface area contributed by atoms with Crippen LogP contribution in [0.4, 0.5) is 0 Å². The van der Waals surface area contributed by atoms with Crippen molar-refractivity contribution in [2.24, 2.45) is 0 Å². The SMILES string of the molecule is C#CC1=C(C=C=CC(C)=O)CCC1SCC(=O)OC. The lowest BCUT2D eigenvalue weighted by atomic mass is 10.1. The number of terminal acetylenes is 1. The van der Waals surface area contributed by atoms with E-state index >= 15 is 0 Å². The zero-order valence-corrected chi connectivity index (χ0v) is 11.9. The molecule has 19 heavy (non-hydrogen) atoms. The zero-order chi connectivity index (χ0) is 14.3. The largest absolute Gasteiger partial charge is 0.468 e. The fraction of sp³-hybridized carbons (Fsp3) is 0.400. The summed E-state index contributed by atoms with van der Waals surface area (Å²) in [4.78, 5) is 21.9. The van der Waals surface area contributed by atoms with Gasteiger partial charge in [-0.25, -0.2) is 0 Å². The number of carbonyl (C=O) groups is 2. The molecule has 0 spiro atoms. The second-order valence-corrected chi connectivity index (χ2v) is 5.25. The lowest BCUT2D eigenvalue weighted by Crippen LogP contribution is -2.09. The Morgan fingerprint density at radius 1 is 1.58 bits per heavy atom. The average molecular weight is 276 g/mol. The summed E-state index contributed by atoms with van der Waals surface area (Å²) in [6, 6.07) is 0. The van der Waals surface area contributed by atoms with Crippen molar-refractivity contribution in [3.63, 3.8) is 0 Å². The predicted octanol–water partition coefficient (Wildman–Crippen LogP) is 2.29. The summed E-state index contributed by atoms with van der Waals surface area (Å²) < 4.78 is 4.61. The molecule has 0 aromatic rings. The van der Waals surface area contributed by atoms with Crippen molar-refractivity contribution < 1.29 is 14.3 Å².